The first kappa shape index (κ1) is 21.5. The molecular formula is C23H26FN5OS. The number of aromatic nitrogens is 3. The molecule has 6 nitrogen and oxygen atoms in total. The highest BCUT2D eigenvalue weighted by Gasteiger charge is 2.27. The van der Waals surface area contributed by atoms with E-state index in [4.69, 9.17) is 0 Å². The van der Waals surface area contributed by atoms with Crippen molar-refractivity contribution in [1.29, 1.82) is 0 Å². The Morgan fingerprint density at radius 2 is 1.71 bits per heavy atom. The smallest absolute Gasteiger partial charge is 0.235 e. The van der Waals surface area contributed by atoms with Crippen LogP contribution in [0.5, 0.6) is 0 Å². The minimum atomic E-state index is -0.288. The van der Waals surface area contributed by atoms with Crippen LogP contribution >= 0.6 is 11.8 Å². The zero-order chi connectivity index (χ0) is 21.8. The van der Waals surface area contributed by atoms with Crippen molar-refractivity contribution in [2.24, 2.45) is 7.05 Å². The van der Waals surface area contributed by atoms with Gasteiger partial charge in [0.15, 0.2) is 11.0 Å². The second-order valence-corrected chi connectivity index (χ2v) is 9.03. The van der Waals surface area contributed by atoms with E-state index >= 15 is 0 Å². The number of carbonyl (C=O) groups is 1. The highest BCUT2D eigenvalue weighted by Crippen LogP contribution is 2.27. The van der Waals surface area contributed by atoms with Crippen LogP contribution < -0.4 is 0 Å². The molecule has 1 saturated heterocycles. The Bertz CT molecular complexity index is 1020. The van der Waals surface area contributed by atoms with Crippen molar-refractivity contribution in [2.45, 2.75) is 23.9 Å². The number of rotatable bonds is 6. The third kappa shape index (κ3) is 5.14. The normalized spacial score (nSPS) is 15.8. The summed E-state index contributed by atoms with van der Waals surface area (Å²) >= 11 is 1.40. The van der Waals surface area contributed by atoms with Crippen LogP contribution in [0.4, 0.5) is 4.39 Å². The van der Waals surface area contributed by atoms with Crippen LogP contribution in [0.15, 0.2) is 59.8 Å². The summed E-state index contributed by atoms with van der Waals surface area (Å²) in [6.45, 7) is 6.04. The van der Waals surface area contributed by atoms with Gasteiger partial charge in [0.25, 0.3) is 0 Å². The van der Waals surface area contributed by atoms with Crippen molar-refractivity contribution in [3.8, 4) is 11.4 Å². The van der Waals surface area contributed by atoms with Crippen molar-refractivity contribution in [2.75, 3.05) is 26.2 Å². The second-order valence-electron chi connectivity index (χ2n) is 7.72. The van der Waals surface area contributed by atoms with Gasteiger partial charge >= 0.3 is 0 Å². The van der Waals surface area contributed by atoms with Gasteiger partial charge in [-0.2, -0.15) is 0 Å². The zero-order valence-corrected chi connectivity index (χ0v) is 18.6. The molecule has 1 aliphatic rings. The summed E-state index contributed by atoms with van der Waals surface area (Å²) in [7, 11) is 1.86. The number of piperazine rings is 1. The lowest BCUT2D eigenvalue weighted by Crippen LogP contribution is -2.50. The van der Waals surface area contributed by atoms with E-state index in [1.165, 1.54) is 29.5 Å². The SMILES string of the molecule is CC(Sc1nnc(-c2ccc(F)cc2)n1C)C(=O)N1CCN(Cc2ccccc2)CC1. The van der Waals surface area contributed by atoms with Gasteiger partial charge in [-0.25, -0.2) is 4.39 Å². The van der Waals surface area contributed by atoms with Crippen LogP contribution in [-0.4, -0.2) is 61.9 Å². The quantitative estimate of drug-likeness (QED) is 0.551. The summed E-state index contributed by atoms with van der Waals surface area (Å²) in [4.78, 5) is 17.3. The Balaban J connectivity index is 1.32. The van der Waals surface area contributed by atoms with Gasteiger partial charge in [-0.05, 0) is 36.8 Å². The average molecular weight is 440 g/mol. The van der Waals surface area contributed by atoms with Crippen LogP contribution in [0.2, 0.25) is 0 Å². The van der Waals surface area contributed by atoms with Crippen molar-refractivity contribution >= 4 is 17.7 Å². The summed E-state index contributed by atoms with van der Waals surface area (Å²) in [5.41, 5.74) is 2.09. The van der Waals surface area contributed by atoms with Crippen LogP contribution in [0.25, 0.3) is 11.4 Å². The van der Waals surface area contributed by atoms with Gasteiger partial charge < -0.3 is 9.47 Å². The molecule has 0 saturated carbocycles. The van der Waals surface area contributed by atoms with E-state index in [1.807, 2.05) is 29.5 Å². The van der Waals surface area contributed by atoms with Crippen molar-refractivity contribution < 1.29 is 9.18 Å². The zero-order valence-electron chi connectivity index (χ0n) is 17.7. The van der Waals surface area contributed by atoms with E-state index in [1.54, 1.807) is 12.1 Å². The van der Waals surface area contributed by atoms with E-state index in [-0.39, 0.29) is 17.0 Å². The fourth-order valence-electron chi connectivity index (χ4n) is 3.70. The van der Waals surface area contributed by atoms with Crippen molar-refractivity contribution in [3.05, 3.63) is 66.0 Å². The minimum Gasteiger partial charge on any atom is -0.339 e. The second kappa shape index (κ2) is 9.62. The van der Waals surface area contributed by atoms with Gasteiger partial charge in [-0.3, -0.25) is 9.69 Å². The maximum atomic E-state index is 13.2. The van der Waals surface area contributed by atoms with Crippen LogP contribution in [0.1, 0.15) is 12.5 Å². The van der Waals surface area contributed by atoms with Gasteiger partial charge in [-0.15, -0.1) is 10.2 Å². The highest BCUT2D eigenvalue weighted by atomic mass is 32.2. The van der Waals surface area contributed by atoms with Crippen molar-refractivity contribution in [1.82, 2.24) is 24.6 Å². The molecule has 1 amide bonds. The van der Waals surface area contributed by atoms with Gasteiger partial charge in [0, 0.05) is 45.3 Å². The van der Waals surface area contributed by atoms with Gasteiger partial charge in [-0.1, -0.05) is 42.1 Å². The topological polar surface area (TPSA) is 54.3 Å². The Morgan fingerprint density at radius 3 is 2.39 bits per heavy atom. The lowest BCUT2D eigenvalue weighted by atomic mass is 10.2. The maximum absolute atomic E-state index is 13.2. The summed E-state index contributed by atoms with van der Waals surface area (Å²) in [5.74, 6) is 0.482. The molecule has 31 heavy (non-hydrogen) atoms. The summed E-state index contributed by atoms with van der Waals surface area (Å²) in [6, 6.07) is 16.6. The Labute approximate surface area is 186 Å². The number of hydrogen-bond donors (Lipinski definition) is 0. The first-order valence-corrected chi connectivity index (χ1v) is 11.3. The molecule has 0 bridgehead atoms. The number of thioether (sulfide) groups is 1. The van der Waals surface area contributed by atoms with E-state index in [0.29, 0.717) is 11.0 Å². The minimum absolute atomic E-state index is 0.121. The molecule has 162 valence electrons. The molecule has 1 aromatic heterocycles. The monoisotopic (exact) mass is 439 g/mol. The predicted octanol–water partition coefficient (Wildman–Crippen LogP) is 3.45. The molecule has 0 radical (unpaired) electrons. The van der Waals surface area contributed by atoms with Crippen LogP contribution in [0.3, 0.4) is 0 Å². The molecule has 1 fully saturated rings. The van der Waals surface area contributed by atoms with Crippen LogP contribution in [-0.2, 0) is 18.4 Å². The molecule has 1 atom stereocenters. The van der Waals surface area contributed by atoms with Gasteiger partial charge in [0.1, 0.15) is 5.82 Å². The molecule has 3 aromatic rings. The summed E-state index contributed by atoms with van der Waals surface area (Å²) in [5, 5.41) is 8.88. The van der Waals surface area contributed by atoms with E-state index in [2.05, 4.69) is 39.4 Å². The van der Waals surface area contributed by atoms with Crippen molar-refractivity contribution in [3.63, 3.8) is 0 Å². The summed E-state index contributed by atoms with van der Waals surface area (Å²) < 4.78 is 15.0. The average Bonchev–Trinajstić information content (AvgIpc) is 3.15. The number of benzene rings is 2. The fraction of sp³-hybridized carbons (Fsp3) is 0.348. The molecule has 0 N–H and O–H groups in total. The molecular weight excluding hydrogens is 413 g/mol. The maximum Gasteiger partial charge on any atom is 0.235 e. The lowest BCUT2D eigenvalue weighted by molar-refractivity contribution is -0.132. The Morgan fingerprint density at radius 1 is 1.03 bits per heavy atom. The number of halogens is 1. The molecule has 4 rings (SSSR count). The number of amides is 1. The number of nitrogens with zero attached hydrogens (tertiary/aromatic N) is 5. The third-order valence-electron chi connectivity index (χ3n) is 5.50. The van der Waals surface area contributed by atoms with E-state index < -0.39 is 0 Å². The molecule has 2 aromatic carbocycles. The fourth-order valence-corrected chi connectivity index (χ4v) is 4.60. The molecule has 1 aliphatic heterocycles. The summed E-state index contributed by atoms with van der Waals surface area (Å²) in [6.07, 6.45) is 0. The molecule has 2 heterocycles. The Kier molecular flexibility index (Phi) is 6.67. The highest BCUT2D eigenvalue weighted by molar-refractivity contribution is 8.00. The molecule has 1 unspecified atom stereocenters. The Hall–Kier alpha value is -2.71. The predicted molar refractivity (Wildman–Crippen MR) is 120 cm³/mol. The van der Waals surface area contributed by atoms with E-state index in [9.17, 15) is 9.18 Å². The first-order chi connectivity index (χ1) is 15.0. The van der Waals surface area contributed by atoms with Gasteiger partial charge in [0.05, 0.1) is 5.25 Å². The first-order valence-electron chi connectivity index (χ1n) is 10.4. The van der Waals surface area contributed by atoms with Gasteiger partial charge in [0.2, 0.25) is 5.91 Å². The largest absolute Gasteiger partial charge is 0.339 e. The standard InChI is InChI=1S/C23H26FN5OS/c1-17(31-23-26-25-21(27(23)2)19-8-10-20(24)11-9-19)22(30)29-14-12-28(13-15-29)16-18-6-4-3-5-7-18/h3-11,17H,12-16H2,1-2H3. The molecule has 8 heteroatoms. The molecule has 0 spiro atoms. The third-order valence-corrected chi connectivity index (χ3v) is 6.62. The number of hydrogen-bond acceptors (Lipinski definition) is 5. The number of carbonyl (C=O) groups excluding carboxylic acids is 1. The van der Waals surface area contributed by atoms with E-state index in [0.717, 1.165) is 38.3 Å². The molecule has 0 aliphatic carbocycles. The lowest BCUT2D eigenvalue weighted by Gasteiger charge is -2.35. The van der Waals surface area contributed by atoms with Crippen LogP contribution in [0, 0.1) is 5.82 Å².